The van der Waals surface area contributed by atoms with Gasteiger partial charge in [0, 0.05) is 11.9 Å². The van der Waals surface area contributed by atoms with Crippen LogP contribution in [0.1, 0.15) is 11.1 Å². The van der Waals surface area contributed by atoms with Crippen molar-refractivity contribution < 1.29 is 8.42 Å². The van der Waals surface area contributed by atoms with Crippen LogP contribution in [-0.2, 0) is 10.0 Å². The number of anilines is 2. The average molecular weight is 356 g/mol. The van der Waals surface area contributed by atoms with Crippen LogP contribution in [0.15, 0.2) is 39.8 Å². The normalized spacial score (nSPS) is 11.3. The molecule has 5 nitrogen and oxygen atoms in total. The van der Waals surface area contributed by atoms with E-state index in [0.29, 0.717) is 21.3 Å². The van der Waals surface area contributed by atoms with Gasteiger partial charge < -0.3 is 5.73 Å². The topological polar surface area (TPSA) is 85.1 Å². The molecule has 2 aromatic rings. The summed E-state index contributed by atoms with van der Waals surface area (Å²) in [6.45, 7) is 3.42. The molecule has 0 fully saturated rings. The van der Waals surface area contributed by atoms with Gasteiger partial charge in [-0.05, 0) is 59.1 Å². The van der Waals surface area contributed by atoms with E-state index in [9.17, 15) is 8.42 Å². The zero-order valence-corrected chi connectivity index (χ0v) is 13.4. The van der Waals surface area contributed by atoms with Crippen LogP contribution in [0.25, 0.3) is 0 Å². The number of nitrogen functional groups attached to an aromatic ring is 1. The molecule has 0 bridgehead atoms. The van der Waals surface area contributed by atoms with Gasteiger partial charge in [0.25, 0.3) is 10.0 Å². The third-order valence-electron chi connectivity index (χ3n) is 2.90. The molecule has 0 aliphatic rings. The number of nitrogens with two attached hydrogens (primary N) is 1. The van der Waals surface area contributed by atoms with Gasteiger partial charge >= 0.3 is 0 Å². The number of hydrogen-bond acceptors (Lipinski definition) is 4. The average Bonchev–Trinajstić information content (AvgIpc) is 2.37. The van der Waals surface area contributed by atoms with Crippen molar-refractivity contribution in [1.82, 2.24) is 4.98 Å². The fraction of sp³-hybridized carbons (Fsp3) is 0.154. The van der Waals surface area contributed by atoms with Crippen LogP contribution in [-0.4, -0.2) is 13.4 Å². The molecule has 0 unspecified atom stereocenters. The molecule has 1 aromatic carbocycles. The number of rotatable bonds is 3. The third-order valence-corrected chi connectivity index (χ3v) is 5.17. The molecule has 3 N–H and O–H groups in total. The Labute approximate surface area is 126 Å². The van der Waals surface area contributed by atoms with Gasteiger partial charge in [0.05, 0.1) is 9.37 Å². The Kier molecular flexibility index (Phi) is 4.01. The molecule has 1 heterocycles. The second-order valence-electron chi connectivity index (χ2n) is 4.37. The summed E-state index contributed by atoms with van der Waals surface area (Å²) < 4.78 is 28.1. The van der Waals surface area contributed by atoms with Crippen molar-refractivity contribution in [2.75, 3.05) is 10.5 Å². The van der Waals surface area contributed by atoms with Crippen LogP contribution >= 0.6 is 15.9 Å². The van der Waals surface area contributed by atoms with E-state index in [2.05, 4.69) is 25.6 Å². The Morgan fingerprint density at radius 3 is 2.60 bits per heavy atom. The molecule has 7 heteroatoms. The summed E-state index contributed by atoms with van der Waals surface area (Å²) in [6.07, 6.45) is 1.52. The van der Waals surface area contributed by atoms with E-state index in [4.69, 9.17) is 5.73 Å². The maximum absolute atomic E-state index is 12.5. The number of halogens is 1. The van der Waals surface area contributed by atoms with Crippen molar-refractivity contribution in [1.29, 1.82) is 0 Å². The number of nitrogens with zero attached hydrogens (tertiary/aromatic N) is 1. The highest BCUT2D eigenvalue weighted by molar-refractivity contribution is 9.10. The largest absolute Gasteiger partial charge is 0.398 e. The lowest BCUT2D eigenvalue weighted by Gasteiger charge is -2.14. The van der Waals surface area contributed by atoms with E-state index < -0.39 is 10.0 Å². The maximum atomic E-state index is 12.5. The number of aromatic nitrogens is 1. The molecule has 20 heavy (non-hydrogen) atoms. The standard InChI is InChI=1S/C13H14BrN3O2S/c1-8-5-6-11(15)9(2)12(8)20(18,19)17-13-10(14)4-3-7-16-13/h3-7H,15H2,1-2H3,(H,16,17). The predicted molar refractivity (Wildman–Crippen MR) is 83.1 cm³/mol. The molecule has 0 aliphatic heterocycles. The fourth-order valence-corrected chi connectivity index (χ4v) is 3.91. The van der Waals surface area contributed by atoms with Gasteiger partial charge in [-0.2, -0.15) is 0 Å². The number of nitrogens with one attached hydrogen (secondary N) is 1. The van der Waals surface area contributed by atoms with Crippen molar-refractivity contribution >= 4 is 37.5 Å². The van der Waals surface area contributed by atoms with Crippen molar-refractivity contribution in [2.24, 2.45) is 0 Å². The number of benzene rings is 1. The van der Waals surface area contributed by atoms with E-state index in [0.717, 1.165) is 0 Å². The summed E-state index contributed by atoms with van der Waals surface area (Å²) in [5.41, 5.74) is 7.40. The van der Waals surface area contributed by atoms with Gasteiger partial charge in [0.2, 0.25) is 0 Å². The Morgan fingerprint density at radius 2 is 1.95 bits per heavy atom. The van der Waals surface area contributed by atoms with Gasteiger partial charge in [0.15, 0.2) is 5.82 Å². The third kappa shape index (κ3) is 2.78. The minimum Gasteiger partial charge on any atom is -0.398 e. The minimum absolute atomic E-state index is 0.190. The highest BCUT2D eigenvalue weighted by Gasteiger charge is 2.22. The Balaban J connectivity index is 2.52. The molecule has 0 amide bonds. The quantitative estimate of drug-likeness (QED) is 0.829. The predicted octanol–water partition coefficient (Wildman–Crippen LogP) is 2.84. The van der Waals surface area contributed by atoms with E-state index in [-0.39, 0.29) is 10.7 Å². The molecular weight excluding hydrogens is 342 g/mol. The summed E-state index contributed by atoms with van der Waals surface area (Å²) in [5, 5.41) is 0. The number of aryl methyl sites for hydroxylation is 1. The molecule has 2 rings (SSSR count). The first-order chi connectivity index (χ1) is 9.33. The first kappa shape index (κ1) is 14.8. The molecule has 106 valence electrons. The van der Waals surface area contributed by atoms with E-state index >= 15 is 0 Å². The maximum Gasteiger partial charge on any atom is 0.263 e. The number of pyridine rings is 1. The highest BCUT2D eigenvalue weighted by atomic mass is 79.9. The molecule has 0 atom stereocenters. The SMILES string of the molecule is Cc1ccc(N)c(C)c1S(=O)(=O)Nc1ncccc1Br. The summed E-state index contributed by atoms with van der Waals surface area (Å²) in [5.74, 6) is 0.244. The van der Waals surface area contributed by atoms with Crippen LogP contribution in [0.5, 0.6) is 0 Å². The van der Waals surface area contributed by atoms with Gasteiger partial charge in [-0.3, -0.25) is 4.72 Å². The number of hydrogen-bond donors (Lipinski definition) is 2. The fourth-order valence-electron chi connectivity index (χ4n) is 1.89. The lowest BCUT2D eigenvalue weighted by Crippen LogP contribution is -2.17. The molecule has 0 radical (unpaired) electrons. The summed E-state index contributed by atoms with van der Waals surface area (Å²) in [4.78, 5) is 4.19. The number of sulfonamides is 1. The van der Waals surface area contributed by atoms with Crippen LogP contribution in [0, 0.1) is 13.8 Å². The molecular formula is C13H14BrN3O2S. The molecule has 0 spiro atoms. The lowest BCUT2D eigenvalue weighted by molar-refractivity contribution is 0.600. The van der Waals surface area contributed by atoms with Gasteiger partial charge in [-0.15, -0.1) is 0 Å². The first-order valence-electron chi connectivity index (χ1n) is 5.82. The van der Waals surface area contributed by atoms with Gasteiger partial charge in [-0.1, -0.05) is 6.07 Å². The zero-order valence-electron chi connectivity index (χ0n) is 11.0. The molecule has 0 saturated heterocycles. The van der Waals surface area contributed by atoms with Gasteiger partial charge in [-0.25, -0.2) is 13.4 Å². The zero-order chi connectivity index (χ0) is 14.9. The summed E-state index contributed by atoms with van der Waals surface area (Å²) in [7, 11) is -3.74. The second-order valence-corrected chi connectivity index (χ2v) is 6.84. The Morgan fingerprint density at radius 1 is 1.25 bits per heavy atom. The van der Waals surface area contributed by atoms with Crippen LogP contribution in [0.3, 0.4) is 0 Å². The summed E-state index contributed by atoms with van der Waals surface area (Å²) >= 11 is 3.26. The monoisotopic (exact) mass is 355 g/mol. The lowest BCUT2D eigenvalue weighted by atomic mass is 10.1. The summed E-state index contributed by atoms with van der Waals surface area (Å²) in [6, 6.07) is 6.80. The first-order valence-corrected chi connectivity index (χ1v) is 8.09. The van der Waals surface area contributed by atoms with E-state index in [1.54, 1.807) is 38.1 Å². The van der Waals surface area contributed by atoms with Crippen LogP contribution < -0.4 is 10.5 Å². The van der Waals surface area contributed by atoms with E-state index in [1.807, 2.05) is 0 Å². The highest BCUT2D eigenvalue weighted by Crippen LogP contribution is 2.28. The second kappa shape index (κ2) is 5.41. The molecule has 0 aliphatic carbocycles. The van der Waals surface area contributed by atoms with Crippen LogP contribution in [0.2, 0.25) is 0 Å². The van der Waals surface area contributed by atoms with E-state index in [1.165, 1.54) is 6.20 Å². The van der Waals surface area contributed by atoms with Crippen molar-refractivity contribution in [3.63, 3.8) is 0 Å². The molecule has 0 saturated carbocycles. The smallest absolute Gasteiger partial charge is 0.263 e. The minimum atomic E-state index is -3.74. The van der Waals surface area contributed by atoms with Crippen molar-refractivity contribution in [3.8, 4) is 0 Å². The Bertz CT molecular complexity index is 760. The van der Waals surface area contributed by atoms with Crippen molar-refractivity contribution in [2.45, 2.75) is 18.7 Å². The van der Waals surface area contributed by atoms with Crippen LogP contribution in [0.4, 0.5) is 11.5 Å². The molecule has 1 aromatic heterocycles. The van der Waals surface area contributed by atoms with Crippen molar-refractivity contribution in [3.05, 3.63) is 46.1 Å². The Hall–Kier alpha value is -1.60. The van der Waals surface area contributed by atoms with Gasteiger partial charge in [0.1, 0.15) is 0 Å².